The highest BCUT2D eigenvalue weighted by atomic mass is 16.6. The summed E-state index contributed by atoms with van der Waals surface area (Å²) in [6.07, 6.45) is 1.36. The molecular weight excluding hydrogens is 260 g/mol. The van der Waals surface area contributed by atoms with Gasteiger partial charge >= 0.3 is 17.9 Å². The molecule has 0 amide bonds. The molecule has 0 saturated heterocycles. The van der Waals surface area contributed by atoms with E-state index in [-0.39, 0.29) is 11.8 Å². The molecule has 1 N–H and O–H groups in total. The Hall–Kier alpha value is -2.17. The summed E-state index contributed by atoms with van der Waals surface area (Å²) in [6.45, 7) is 3.97. The number of carbonyl (C=O) groups excluding carboxylic acids is 2. The van der Waals surface area contributed by atoms with Crippen LogP contribution in [0.3, 0.4) is 0 Å². The zero-order chi connectivity index (χ0) is 14.9. The Kier molecular flexibility index (Phi) is 3.61. The fourth-order valence-corrected chi connectivity index (χ4v) is 2.33. The van der Waals surface area contributed by atoms with Crippen LogP contribution in [0.15, 0.2) is 18.2 Å². The van der Waals surface area contributed by atoms with Crippen molar-refractivity contribution in [2.45, 2.75) is 38.5 Å². The van der Waals surface area contributed by atoms with Crippen molar-refractivity contribution >= 4 is 17.9 Å². The van der Waals surface area contributed by atoms with Crippen molar-refractivity contribution in [2.24, 2.45) is 0 Å². The summed E-state index contributed by atoms with van der Waals surface area (Å²) in [5.74, 6) is -2.04. The topological polar surface area (TPSA) is 80.7 Å². The maximum absolute atomic E-state index is 11.5. The van der Waals surface area contributed by atoms with Crippen molar-refractivity contribution in [1.82, 2.24) is 0 Å². The van der Waals surface area contributed by atoms with Crippen molar-refractivity contribution in [2.75, 3.05) is 0 Å². The van der Waals surface area contributed by atoms with Gasteiger partial charge in [0.2, 0.25) is 0 Å². The number of hydrogen-bond donors (Lipinski definition) is 1. The highest BCUT2D eigenvalue weighted by Gasteiger charge is 2.31. The van der Waals surface area contributed by atoms with E-state index in [2.05, 4.69) is 4.74 Å². The van der Waals surface area contributed by atoms with Crippen LogP contribution in [0.5, 0.6) is 0 Å². The minimum atomic E-state index is -0.816. The molecule has 1 aliphatic rings. The average molecular weight is 276 g/mol. The van der Waals surface area contributed by atoms with E-state index in [0.717, 1.165) is 5.56 Å². The summed E-state index contributed by atoms with van der Waals surface area (Å²) in [5, 5.41) is 8.67. The monoisotopic (exact) mass is 276 g/mol. The highest BCUT2D eigenvalue weighted by Crippen LogP contribution is 2.32. The van der Waals surface area contributed by atoms with Crippen LogP contribution in [0, 0.1) is 0 Å². The van der Waals surface area contributed by atoms with E-state index in [1.165, 1.54) is 0 Å². The Morgan fingerprint density at radius 3 is 2.50 bits per heavy atom. The van der Waals surface area contributed by atoms with Crippen molar-refractivity contribution < 1.29 is 24.2 Å². The van der Waals surface area contributed by atoms with E-state index in [0.29, 0.717) is 24.0 Å². The molecule has 1 heterocycles. The molecule has 0 spiro atoms. The van der Waals surface area contributed by atoms with Gasteiger partial charge in [0.1, 0.15) is 0 Å². The molecule has 20 heavy (non-hydrogen) atoms. The van der Waals surface area contributed by atoms with Crippen LogP contribution in [0.1, 0.15) is 59.4 Å². The molecule has 0 aliphatic carbocycles. The number of carboxylic acids is 1. The summed E-state index contributed by atoms with van der Waals surface area (Å²) in [6, 6.07) is 5.06. The van der Waals surface area contributed by atoms with E-state index < -0.39 is 17.9 Å². The minimum absolute atomic E-state index is 0.120. The normalized spacial score (nSPS) is 14.1. The van der Waals surface area contributed by atoms with Gasteiger partial charge in [0.15, 0.2) is 0 Å². The molecule has 2 rings (SSSR count). The predicted octanol–water partition coefficient (Wildman–Crippen LogP) is 2.53. The van der Waals surface area contributed by atoms with Gasteiger partial charge in [0.25, 0.3) is 0 Å². The first-order valence-corrected chi connectivity index (χ1v) is 6.44. The minimum Gasteiger partial charge on any atom is -0.481 e. The second-order valence-electron chi connectivity index (χ2n) is 5.57. The predicted molar refractivity (Wildman–Crippen MR) is 70.7 cm³/mol. The molecule has 5 nitrogen and oxygen atoms in total. The summed E-state index contributed by atoms with van der Waals surface area (Å²) in [5.41, 5.74) is 1.21. The lowest BCUT2D eigenvalue weighted by atomic mass is 9.79. The summed E-state index contributed by atoms with van der Waals surface area (Å²) in [7, 11) is 0. The van der Waals surface area contributed by atoms with Crippen LogP contribution in [0.25, 0.3) is 0 Å². The Morgan fingerprint density at radius 1 is 1.20 bits per heavy atom. The molecule has 0 saturated carbocycles. The van der Waals surface area contributed by atoms with Gasteiger partial charge in [0.05, 0.1) is 11.1 Å². The fourth-order valence-electron chi connectivity index (χ4n) is 2.33. The number of carbonyl (C=O) groups is 3. The first-order chi connectivity index (χ1) is 9.31. The van der Waals surface area contributed by atoms with Gasteiger partial charge in [0, 0.05) is 6.42 Å². The van der Waals surface area contributed by atoms with Gasteiger partial charge in [-0.1, -0.05) is 19.9 Å². The van der Waals surface area contributed by atoms with Crippen LogP contribution >= 0.6 is 0 Å². The van der Waals surface area contributed by atoms with Crippen molar-refractivity contribution in [3.63, 3.8) is 0 Å². The molecule has 5 heteroatoms. The maximum atomic E-state index is 11.5. The molecule has 106 valence electrons. The second kappa shape index (κ2) is 5.07. The lowest BCUT2D eigenvalue weighted by molar-refractivity contribution is -0.137. The SMILES string of the molecule is CC(C)(CCCC(=O)O)c1ccc2c(c1)C(=O)OC2=O. The van der Waals surface area contributed by atoms with Gasteiger partial charge in [-0.25, -0.2) is 9.59 Å². The van der Waals surface area contributed by atoms with Crippen molar-refractivity contribution in [1.29, 1.82) is 0 Å². The van der Waals surface area contributed by atoms with Gasteiger partial charge in [-0.3, -0.25) is 4.79 Å². The number of rotatable bonds is 5. The number of cyclic esters (lactones) is 2. The number of esters is 2. The molecule has 0 aromatic heterocycles. The Labute approximate surface area is 116 Å². The quantitative estimate of drug-likeness (QED) is 0.660. The third-order valence-electron chi connectivity index (χ3n) is 3.62. The third kappa shape index (κ3) is 2.71. The fraction of sp³-hybridized carbons (Fsp3) is 0.400. The standard InChI is InChI=1S/C15H16O5/c1-15(2,7-3-4-12(16)17)9-5-6-10-11(8-9)14(19)20-13(10)18/h5-6,8H,3-4,7H2,1-2H3,(H,16,17). The van der Waals surface area contributed by atoms with Crippen LogP contribution in [0.2, 0.25) is 0 Å². The molecule has 1 aromatic rings. The van der Waals surface area contributed by atoms with E-state index in [4.69, 9.17) is 5.11 Å². The summed E-state index contributed by atoms with van der Waals surface area (Å²) in [4.78, 5) is 33.5. The molecule has 1 aliphatic heterocycles. The summed E-state index contributed by atoms with van der Waals surface area (Å²) < 4.78 is 4.56. The lowest BCUT2D eigenvalue weighted by Crippen LogP contribution is -2.18. The van der Waals surface area contributed by atoms with Gasteiger partial charge in [-0.15, -0.1) is 0 Å². The number of hydrogen-bond acceptors (Lipinski definition) is 4. The maximum Gasteiger partial charge on any atom is 0.346 e. The van der Waals surface area contributed by atoms with Crippen LogP contribution in [0.4, 0.5) is 0 Å². The van der Waals surface area contributed by atoms with E-state index >= 15 is 0 Å². The molecule has 0 radical (unpaired) electrons. The van der Waals surface area contributed by atoms with Gasteiger partial charge in [-0.2, -0.15) is 0 Å². The average Bonchev–Trinajstić information content (AvgIpc) is 2.64. The van der Waals surface area contributed by atoms with Crippen LogP contribution in [-0.2, 0) is 14.9 Å². The summed E-state index contributed by atoms with van der Waals surface area (Å²) >= 11 is 0. The number of carboxylic acid groups (broad SMARTS) is 1. The largest absolute Gasteiger partial charge is 0.481 e. The highest BCUT2D eigenvalue weighted by molar-refractivity contribution is 6.14. The van der Waals surface area contributed by atoms with E-state index in [9.17, 15) is 14.4 Å². The van der Waals surface area contributed by atoms with E-state index in [1.807, 2.05) is 13.8 Å². The molecule has 0 fully saturated rings. The number of fused-ring (bicyclic) bond motifs is 1. The molecule has 0 atom stereocenters. The Morgan fingerprint density at radius 2 is 1.85 bits per heavy atom. The molecular formula is C15H16O5. The van der Waals surface area contributed by atoms with Gasteiger partial charge in [-0.05, 0) is 36.0 Å². The van der Waals surface area contributed by atoms with E-state index in [1.54, 1.807) is 18.2 Å². The van der Waals surface area contributed by atoms with Crippen molar-refractivity contribution in [3.05, 3.63) is 34.9 Å². The third-order valence-corrected chi connectivity index (χ3v) is 3.62. The van der Waals surface area contributed by atoms with Crippen LogP contribution < -0.4 is 0 Å². The zero-order valence-electron chi connectivity index (χ0n) is 11.4. The number of ether oxygens (including phenoxy) is 1. The lowest BCUT2D eigenvalue weighted by Gasteiger charge is -2.25. The first kappa shape index (κ1) is 14.2. The second-order valence-corrected chi connectivity index (χ2v) is 5.57. The molecule has 1 aromatic carbocycles. The van der Waals surface area contributed by atoms with Crippen LogP contribution in [-0.4, -0.2) is 23.0 Å². The molecule has 0 unspecified atom stereocenters. The Bertz CT molecular complexity index is 586. The zero-order valence-corrected chi connectivity index (χ0v) is 11.4. The number of aliphatic carboxylic acids is 1. The smallest absolute Gasteiger partial charge is 0.346 e. The molecule has 0 bridgehead atoms. The van der Waals surface area contributed by atoms with Gasteiger partial charge < -0.3 is 9.84 Å². The van der Waals surface area contributed by atoms with Crippen molar-refractivity contribution in [3.8, 4) is 0 Å². The first-order valence-electron chi connectivity index (χ1n) is 6.44. The Balaban J connectivity index is 2.21. The number of benzene rings is 1.